The summed E-state index contributed by atoms with van der Waals surface area (Å²) >= 11 is 0. The number of aromatic amines is 1. The normalized spacial score (nSPS) is 16.0. The lowest BCUT2D eigenvalue weighted by atomic mass is 9.96. The van der Waals surface area contributed by atoms with Crippen LogP contribution in [-0.4, -0.2) is 38.4 Å². The van der Waals surface area contributed by atoms with Crippen molar-refractivity contribution in [3.8, 4) is 0 Å². The molecule has 0 spiro atoms. The number of imidazole rings is 1. The SMILES string of the molecule is C[C@H]1CCc2ccccc2N1C(=O)CCCCCNc1nc(N)nc2nc[nH]c12. The first-order valence-corrected chi connectivity index (χ1v) is 10.2. The lowest BCUT2D eigenvalue weighted by Crippen LogP contribution is -2.42. The molecule has 3 heterocycles. The molecule has 0 unspecified atom stereocenters. The van der Waals surface area contributed by atoms with Gasteiger partial charge in [-0.15, -0.1) is 0 Å². The average molecular weight is 393 g/mol. The number of hydrogen-bond donors (Lipinski definition) is 3. The topological polar surface area (TPSA) is 113 Å². The first kappa shape index (κ1) is 19.2. The van der Waals surface area contributed by atoms with E-state index >= 15 is 0 Å². The van der Waals surface area contributed by atoms with Crippen LogP contribution in [0.3, 0.4) is 0 Å². The maximum atomic E-state index is 12.8. The second kappa shape index (κ2) is 8.46. The van der Waals surface area contributed by atoms with Crippen LogP contribution in [-0.2, 0) is 11.2 Å². The second-order valence-corrected chi connectivity index (χ2v) is 7.55. The molecule has 4 rings (SSSR count). The van der Waals surface area contributed by atoms with Crippen molar-refractivity contribution in [2.45, 2.75) is 51.5 Å². The van der Waals surface area contributed by atoms with Crippen LogP contribution in [0.1, 0.15) is 44.6 Å². The predicted molar refractivity (Wildman–Crippen MR) is 115 cm³/mol. The molecule has 152 valence electrons. The van der Waals surface area contributed by atoms with E-state index in [4.69, 9.17) is 5.73 Å². The monoisotopic (exact) mass is 393 g/mol. The summed E-state index contributed by atoms with van der Waals surface area (Å²) < 4.78 is 0. The third-order valence-electron chi connectivity index (χ3n) is 5.45. The first-order valence-electron chi connectivity index (χ1n) is 10.2. The Morgan fingerprint density at radius 2 is 2.14 bits per heavy atom. The number of aromatic nitrogens is 4. The van der Waals surface area contributed by atoms with Gasteiger partial charge in [-0.3, -0.25) is 4.79 Å². The van der Waals surface area contributed by atoms with Crippen molar-refractivity contribution in [2.24, 2.45) is 0 Å². The minimum atomic E-state index is 0.202. The van der Waals surface area contributed by atoms with Crippen LogP contribution < -0.4 is 16.0 Å². The molecule has 1 amide bonds. The molecule has 29 heavy (non-hydrogen) atoms. The molecule has 0 saturated carbocycles. The van der Waals surface area contributed by atoms with Crippen molar-refractivity contribution < 1.29 is 4.79 Å². The van der Waals surface area contributed by atoms with Gasteiger partial charge in [0.2, 0.25) is 11.9 Å². The van der Waals surface area contributed by atoms with Gasteiger partial charge in [0.1, 0.15) is 5.52 Å². The number of nitrogens with one attached hydrogen (secondary N) is 2. The summed E-state index contributed by atoms with van der Waals surface area (Å²) in [7, 11) is 0. The van der Waals surface area contributed by atoms with E-state index in [1.807, 2.05) is 17.0 Å². The van der Waals surface area contributed by atoms with Gasteiger partial charge in [0.15, 0.2) is 11.5 Å². The zero-order chi connectivity index (χ0) is 20.2. The molecule has 1 aliphatic heterocycles. The molecular weight excluding hydrogens is 366 g/mol. The van der Waals surface area contributed by atoms with Crippen molar-refractivity contribution in [2.75, 3.05) is 22.5 Å². The number of nitrogen functional groups attached to an aromatic ring is 1. The van der Waals surface area contributed by atoms with E-state index in [1.54, 1.807) is 6.33 Å². The summed E-state index contributed by atoms with van der Waals surface area (Å²) in [5.74, 6) is 1.09. The van der Waals surface area contributed by atoms with Crippen molar-refractivity contribution in [3.05, 3.63) is 36.2 Å². The van der Waals surface area contributed by atoms with Crippen molar-refractivity contribution >= 4 is 34.5 Å². The second-order valence-electron chi connectivity index (χ2n) is 7.55. The number of amides is 1. The molecule has 1 aliphatic rings. The fourth-order valence-corrected chi connectivity index (χ4v) is 3.95. The number of carbonyl (C=O) groups is 1. The fraction of sp³-hybridized carbons (Fsp3) is 0.429. The number of aryl methyl sites for hydroxylation is 1. The van der Waals surface area contributed by atoms with E-state index in [-0.39, 0.29) is 17.9 Å². The molecule has 8 nitrogen and oxygen atoms in total. The molecule has 3 aromatic rings. The molecule has 0 fully saturated rings. The number of anilines is 3. The van der Waals surface area contributed by atoms with Crippen LogP contribution in [0.4, 0.5) is 17.5 Å². The Labute approximate surface area is 169 Å². The third kappa shape index (κ3) is 4.16. The number of nitrogens with two attached hydrogens (primary N) is 1. The lowest BCUT2D eigenvalue weighted by Gasteiger charge is -2.35. The zero-order valence-electron chi connectivity index (χ0n) is 16.7. The number of H-pyrrole nitrogens is 1. The predicted octanol–water partition coefficient (Wildman–Crippen LogP) is 3.28. The maximum absolute atomic E-state index is 12.8. The quantitative estimate of drug-likeness (QED) is 0.531. The molecule has 2 aromatic heterocycles. The summed E-state index contributed by atoms with van der Waals surface area (Å²) in [6.07, 6.45) is 7.01. The number of carbonyl (C=O) groups excluding carboxylic acids is 1. The van der Waals surface area contributed by atoms with Gasteiger partial charge in [-0.05, 0) is 44.2 Å². The van der Waals surface area contributed by atoms with E-state index in [1.165, 1.54) is 5.56 Å². The van der Waals surface area contributed by atoms with Gasteiger partial charge in [-0.2, -0.15) is 9.97 Å². The highest BCUT2D eigenvalue weighted by Crippen LogP contribution is 2.31. The van der Waals surface area contributed by atoms with Crippen molar-refractivity contribution in [1.82, 2.24) is 19.9 Å². The Balaban J connectivity index is 1.25. The van der Waals surface area contributed by atoms with Crippen LogP contribution in [0.2, 0.25) is 0 Å². The van der Waals surface area contributed by atoms with Crippen molar-refractivity contribution in [3.63, 3.8) is 0 Å². The van der Waals surface area contributed by atoms with Gasteiger partial charge in [0.25, 0.3) is 0 Å². The fourth-order valence-electron chi connectivity index (χ4n) is 3.95. The summed E-state index contributed by atoms with van der Waals surface area (Å²) in [5.41, 5.74) is 9.40. The Bertz CT molecular complexity index is 1000. The highest BCUT2D eigenvalue weighted by Gasteiger charge is 2.27. The molecular formula is C21H27N7O. The van der Waals surface area contributed by atoms with Crippen LogP contribution in [0.25, 0.3) is 11.2 Å². The largest absolute Gasteiger partial charge is 0.368 e. The Kier molecular flexibility index (Phi) is 5.59. The minimum absolute atomic E-state index is 0.202. The van der Waals surface area contributed by atoms with Gasteiger partial charge < -0.3 is 20.9 Å². The number of hydrogen-bond acceptors (Lipinski definition) is 6. The molecule has 0 bridgehead atoms. The van der Waals surface area contributed by atoms with Crippen LogP contribution in [0.5, 0.6) is 0 Å². The maximum Gasteiger partial charge on any atom is 0.227 e. The minimum Gasteiger partial charge on any atom is -0.368 e. The summed E-state index contributed by atoms with van der Waals surface area (Å²) in [6.45, 7) is 2.89. The summed E-state index contributed by atoms with van der Waals surface area (Å²) in [5, 5.41) is 3.29. The number of unbranched alkanes of at least 4 members (excludes halogenated alkanes) is 2. The number of benzene rings is 1. The highest BCUT2D eigenvalue weighted by atomic mass is 16.2. The number of rotatable bonds is 7. The molecule has 0 saturated heterocycles. The Morgan fingerprint density at radius 3 is 3.03 bits per heavy atom. The van der Waals surface area contributed by atoms with Gasteiger partial charge in [0, 0.05) is 24.7 Å². The lowest BCUT2D eigenvalue weighted by molar-refractivity contribution is -0.119. The summed E-state index contributed by atoms with van der Waals surface area (Å²) in [4.78, 5) is 30.3. The third-order valence-corrected chi connectivity index (χ3v) is 5.45. The van der Waals surface area contributed by atoms with E-state index in [0.717, 1.165) is 49.9 Å². The standard InChI is InChI=1S/C21H27N7O/c1-14-10-11-15-7-4-5-8-16(15)28(14)17(29)9-3-2-6-12-23-19-18-20(25-13-24-18)27-21(22)26-19/h4-5,7-8,13-14H,2-3,6,9-12H2,1H3,(H4,22,23,24,25,26,27)/t14-/m0/s1. The van der Waals surface area contributed by atoms with Crippen molar-refractivity contribution in [1.29, 1.82) is 0 Å². The molecule has 8 heteroatoms. The number of fused-ring (bicyclic) bond motifs is 2. The molecule has 4 N–H and O–H groups in total. The van der Waals surface area contributed by atoms with E-state index in [0.29, 0.717) is 17.9 Å². The van der Waals surface area contributed by atoms with E-state index in [2.05, 4.69) is 44.3 Å². The molecule has 1 aromatic carbocycles. The Morgan fingerprint density at radius 1 is 1.28 bits per heavy atom. The molecule has 0 radical (unpaired) electrons. The molecule has 1 atom stereocenters. The van der Waals surface area contributed by atoms with Crippen LogP contribution in [0.15, 0.2) is 30.6 Å². The smallest absolute Gasteiger partial charge is 0.227 e. The Hall–Kier alpha value is -3.16. The van der Waals surface area contributed by atoms with E-state index < -0.39 is 0 Å². The van der Waals surface area contributed by atoms with Crippen LogP contribution >= 0.6 is 0 Å². The number of para-hydroxylation sites is 1. The average Bonchev–Trinajstić information content (AvgIpc) is 3.18. The van der Waals surface area contributed by atoms with Gasteiger partial charge in [-0.25, -0.2) is 4.98 Å². The molecule has 0 aliphatic carbocycles. The van der Waals surface area contributed by atoms with Gasteiger partial charge in [-0.1, -0.05) is 24.6 Å². The van der Waals surface area contributed by atoms with Gasteiger partial charge in [0.05, 0.1) is 6.33 Å². The van der Waals surface area contributed by atoms with E-state index in [9.17, 15) is 4.79 Å². The van der Waals surface area contributed by atoms with Crippen LogP contribution in [0, 0.1) is 0 Å². The zero-order valence-corrected chi connectivity index (χ0v) is 16.7. The first-order chi connectivity index (χ1) is 14.1. The summed E-state index contributed by atoms with van der Waals surface area (Å²) in [6, 6.07) is 8.52. The van der Waals surface area contributed by atoms with Gasteiger partial charge >= 0.3 is 0 Å². The number of nitrogens with zero attached hydrogens (tertiary/aromatic N) is 4. The highest BCUT2D eigenvalue weighted by molar-refractivity contribution is 5.95.